The van der Waals surface area contributed by atoms with Crippen LogP contribution < -0.4 is 0 Å². The highest BCUT2D eigenvalue weighted by Crippen LogP contribution is 2.03. The SMILES string of the molecule is CC.O.[B]C1=CCN(O)CC1. The molecule has 1 aliphatic heterocycles. The van der Waals surface area contributed by atoms with Gasteiger partial charge in [0.1, 0.15) is 7.85 Å². The molecule has 0 bridgehead atoms. The standard InChI is InChI=1S/C5H8BNO.C2H6.H2O/c6-5-1-3-7(8)4-2-5;1-2;/h1,8H,2-4H2;1-2H3;1H2. The van der Waals surface area contributed by atoms with Gasteiger partial charge in [0.05, 0.1) is 0 Å². The molecule has 0 saturated carbocycles. The molecule has 0 spiro atoms. The highest BCUT2D eigenvalue weighted by molar-refractivity contribution is 6.21. The second kappa shape index (κ2) is 7.79. The van der Waals surface area contributed by atoms with E-state index in [9.17, 15) is 0 Å². The zero-order valence-electron chi connectivity index (χ0n) is 7.17. The number of nitrogens with zero attached hydrogens (tertiary/aromatic N) is 1. The molecule has 0 saturated heterocycles. The molecule has 0 aliphatic carbocycles. The summed E-state index contributed by atoms with van der Waals surface area (Å²) in [5.74, 6) is 0. The van der Waals surface area contributed by atoms with Crippen LogP contribution in [0.15, 0.2) is 11.5 Å². The molecule has 0 aromatic rings. The lowest BCUT2D eigenvalue weighted by Gasteiger charge is -2.17. The van der Waals surface area contributed by atoms with E-state index in [2.05, 4.69) is 0 Å². The Morgan fingerprint density at radius 2 is 2.09 bits per heavy atom. The Bertz CT molecular complexity index is 117. The summed E-state index contributed by atoms with van der Waals surface area (Å²) in [6, 6.07) is 0. The molecule has 0 atom stereocenters. The van der Waals surface area contributed by atoms with Crippen LogP contribution in [0.5, 0.6) is 0 Å². The molecule has 11 heavy (non-hydrogen) atoms. The lowest BCUT2D eigenvalue weighted by Crippen LogP contribution is -2.24. The Morgan fingerprint density at radius 1 is 1.55 bits per heavy atom. The van der Waals surface area contributed by atoms with E-state index in [4.69, 9.17) is 13.1 Å². The average molecular weight is 157 g/mol. The van der Waals surface area contributed by atoms with E-state index in [1.165, 1.54) is 5.06 Å². The Balaban J connectivity index is 0. The molecule has 2 radical (unpaired) electrons. The minimum absolute atomic E-state index is 0. The van der Waals surface area contributed by atoms with Gasteiger partial charge in [-0.3, -0.25) is 0 Å². The van der Waals surface area contributed by atoms with Crippen molar-refractivity contribution in [3.05, 3.63) is 11.5 Å². The maximum atomic E-state index is 8.76. The van der Waals surface area contributed by atoms with Gasteiger partial charge in [-0.25, -0.2) is 0 Å². The van der Waals surface area contributed by atoms with Crippen molar-refractivity contribution < 1.29 is 10.7 Å². The van der Waals surface area contributed by atoms with Crippen LogP contribution in [0.2, 0.25) is 0 Å². The van der Waals surface area contributed by atoms with Gasteiger partial charge in [-0.2, -0.15) is 5.06 Å². The quantitative estimate of drug-likeness (QED) is 0.515. The highest BCUT2D eigenvalue weighted by atomic mass is 16.5. The van der Waals surface area contributed by atoms with E-state index >= 15 is 0 Å². The molecule has 0 fully saturated rings. The minimum Gasteiger partial charge on any atom is -0.412 e. The van der Waals surface area contributed by atoms with Gasteiger partial charge in [-0.05, 0) is 6.42 Å². The van der Waals surface area contributed by atoms with E-state index in [0.717, 1.165) is 11.9 Å². The maximum absolute atomic E-state index is 8.76. The maximum Gasteiger partial charge on any atom is 0.107 e. The zero-order valence-corrected chi connectivity index (χ0v) is 7.17. The molecule has 0 aromatic heterocycles. The molecule has 3 nitrogen and oxygen atoms in total. The van der Waals surface area contributed by atoms with E-state index < -0.39 is 0 Å². The van der Waals surface area contributed by atoms with Crippen LogP contribution in [-0.4, -0.2) is 36.7 Å². The van der Waals surface area contributed by atoms with Crippen LogP contribution in [0, 0.1) is 0 Å². The van der Waals surface area contributed by atoms with Crippen molar-refractivity contribution >= 4 is 7.85 Å². The first-order valence-electron chi connectivity index (χ1n) is 3.67. The van der Waals surface area contributed by atoms with Crippen LogP contribution in [0.4, 0.5) is 0 Å². The Kier molecular flexibility index (Phi) is 9.41. The minimum atomic E-state index is 0. The van der Waals surface area contributed by atoms with Crippen molar-refractivity contribution in [1.29, 1.82) is 0 Å². The molecule has 1 heterocycles. The lowest BCUT2D eigenvalue weighted by molar-refractivity contribution is -0.0821. The first kappa shape index (κ1) is 13.3. The summed E-state index contributed by atoms with van der Waals surface area (Å²) in [4.78, 5) is 0. The third kappa shape index (κ3) is 6.10. The third-order valence-corrected chi connectivity index (χ3v) is 1.22. The van der Waals surface area contributed by atoms with Crippen LogP contribution in [0.1, 0.15) is 20.3 Å². The fraction of sp³-hybridized carbons (Fsp3) is 0.714. The average Bonchev–Trinajstić information content (AvgIpc) is 2.00. The van der Waals surface area contributed by atoms with E-state index in [1.807, 2.05) is 19.9 Å². The number of rotatable bonds is 0. The van der Waals surface area contributed by atoms with Crippen molar-refractivity contribution in [3.8, 4) is 0 Å². The molecule has 0 aromatic carbocycles. The van der Waals surface area contributed by atoms with Gasteiger partial charge in [-0.15, -0.1) is 5.47 Å². The predicted octanol–water partition coefficient (Wildman–Crippen LogP) is 0.335. The van der Waals surface area contributed by atoms with Crippen LogP contribution in [-0.2, 0) is 0 Å². The van der Waals surface area contributed by atoms with Crippen molar-refractivity contribution in [1.82, 2.24) is 5.06 Å². The molecule has 0 unspecified atom stereocenters. The normalized spacial score (nSPS) is 17.2. The van der Waals surface area contributed by atoms with Gasteiger partial charge in [0, 0.05) is 13.1 Å². The first-order chi connectivity index (χ1) is 4.79. The molecule has 3 N–H and O–H groups in total. The van der Waals surface area contributed by atoms with Crippen molar-refractivity contribution in [2.24, 2.45) is 0 Å². The monoisotopic (exact) mass is 157 g/mol. The number of hydroxylamine groups is 2. The Labute approximate surface area is 69.4 Å². The number of hydrogen-bond acceptors (Lipinski definition) is 2. The molecule has 1 rings (SSSR count). The summed E-state index contributed by atoms with van der Waals surface area (Å²) in [7, 11) is 5.42. The third-order valence-electron chi connectivity index (χ3n) is 1.22. The van der Waals surface area contributed by atoms with Crippen molar-refractivity contribution in [2.45, 2.75) is 20.3 Å². The molecule has 1 aliphatic rings. The van der Waals surface area contributed by atoms with E-state index in [1.54, 1.807) is 0 Å². The van der Waals surface area contributed by atoms with E-state index in [0.29, 0.717) is 13.1 Å². The summed E-state index contributed by atoms with van der Waals surface area (Å²) < 4.78 is 0. The van der Waals surface area contributed by atoms with Crippen LogP contribution >= 0.6 is 0 Å². The lowest BCUT2D eigenvalue weighted by atomic mass is 9.90. The smallest absolute Gasteiger partial charge is 0.107 e. The highest BCUT2D eigenvalue weighted by Gasteiger charge is 2.03. The summed E-state index contributed by atoms with van der Waals surface area (Å²) in [6.45, 7) is 5.24. The summed E-state index contributed by atoms with van der Waals surface area (Å²) in [6.07, 6.45) is 2.61. The van der Waals surface area contributed by atoms with Gasteiger partial charge < -0.3 is 10.7 Å². The second-order valence-electron chi connectivity index (χ2n) is 1.94. The summed E-state index contributed by atoms with van der Waals surface area (Å²) in [5, 5.41) is 10.0. The summed E-state index contributed by atoms with van der Waals surface area (Å²) >= 11 is 0. The van der Waals surface area contributed by atoms with Crippen molar-refractivity contribution in [3.63, 3.8) is 0 Å². The molecular formula is C7H16BNO2. The number of hydrogen-bond donors (Lipinski definition) is 1. The largest absolute Gasteiger partial charge is 0.412 e. The van der Waals surface area contributed by atoms with Crippen molar-refractivity contribution in [2.75, 3.05) is 13.1 Å². The van der Waals surface area contributed by atoms with Gasteiger partial charge in [0.2, 0.25) is 0 Å². The van der Waals surface area contributed by atoms with Gasteiger partial charge in [-0.1, -0.05) is 19.9 Å². The fourth-order valence-electron chi connectivity index (χ4n) is 0.674. The fourth-order valence-corrected chi connectivity index (χ4v) is 0.674. The predicted molar refractivity (Wildman–Crippen MR) is 46.8 cm³/mol. The molecular weight excluding hydrogens is 141 g/mol. The zero-order chi connectivity index (χ0) is 7.98. The van der Waals surface area contributed by atoms with Crippen LogP contribution in [0.25, 0.3) is 0 Å². The molecule has 4 heteroatoms. The summed E-state index contributed by atoms with van der Waals surface area (Å²) in [5.41, 5.74) is 0.885. The van der Waals surface area contributed by atoms with Gasteiger partial charge >= 0.3 is 0 Å². The molecule has 64 valence electrons. The Morgan fingerprint density at radius 3 is 2.36 bits per heavy atom. The molecule has 0 amide bonds. The van der Waals surface area contributed by atoms with Gasteiger partial charge in [0.15, 0.2) is 0 Å². The van der Waals surface area contributed by atoms with Gasteiger partial charge in [0.25, 0.3) is 0 Å². The van der Waals surface area contributed by atoms with Crippen LogP contribution in [0.3, 0.4) is 0 Å². The Hall–Kier alpha value is -0.315. The topological polar surface area (TPSA) is 55.0 Å². The second-order valence-corrected chi connectivity index (χ2v) is 1.94. The first-order valence-corrected chi connectivity index (χ1v) is 3.67. The van der Waals surface area contributed by atoms with E-state index in [-0.39, 0.29) is 5.48 Å².